The number of hydrogen-bond acceptors (Lipinski definition) is 2. The minimum absolute atomic E-state index is 0.0990. The first-order valence-electron chi connectivity index (χ1n) is 7.76. The van der Waals surface area contributed by atoms with Crippen molar-refractivity contribution < 1.29 is 9.52 Å². The molecule has 0 N–H and O–H groups in total. The summed E-state index contributed by atoms with van der Waals surface area (Å²) in [5.41, 5.74) is 2.29. The van der Waals surface area contributed by atoms with E-state index >= 15 is 0 Å². The van der Waals surface area contributed by atoms with E-state index in [0.717, 1.165) is 15.6 Å². The molecule has 0 radical (unpaired) electrons. The van der Waals surface area contributed by atoms with E-state index in [1.54, 1.807) is 12.1 Å². The van der Waals surface area contributed by atoms with Crippen LogP contribution in [-0.2, 0) is 0 Å². The van der Waals surface area contributed by atoms with Crippen LogP contribution in [0.4, 0.5) is 0 Å². The Labute approximate surface area is 159 Å². The number of aromatic nitrogens is 1. The maximum Gasteiger partial charge on any atom is 0.191 e. The highest BCUT2D eigenvalue weighted by Crippen LogP contribution is 2.34. The molecule has 3 nitrogen and oxygen atoms in total. The van der Waals surface area contributed by atoms with Crippen molar-refractivity contribution in [3.63, 3.8) is 0 Å². The van der Waals surface area contributed by atoms with Gasteiger partial charge in [-0.05, 0) is 35.4 Å². The third-order valence-corrected chi connectivity index (χ3v) is 4.91. The Kier molecular flexibility index (Phi) is 5.51. The number of carbonyl (C=O) groups is 1. The van der Waals surface area contributed by atoms with Gasteiger partial charge in [0, 0.05) is 27.9 Å². The Balaban J connectivity index is 1.98. The molecule has 0 spiro atoms. The molecule has 3 aromatic rings. The summed E-state index contributed by atoms with van der Waals surface area (Å²) in [6.45, 7) is 0. The molecule has 0 amide bonds. The Hall–Kier alpha value is -2.17. The number of halogens is 2. The van der Waals surface area contributed by atoms with Gasteiger partial charge < -0.3 is 5.21 Å². The van der Waals surface area contributed by atoms with Crippen LogP contribution in [0.25, 0.3) is 0 Å². The van der Waals surface area contributed by atoms with Crippen LogP contribution in [0.1, 0.15) is 33.8 Å². The van der Waals surface area contributed by atoms with Crippen molar-refractivity contribution in [1.29, 1.82) is 0 Å². The monoisotopic (exact) mass is 415 g/mol. The summed E-state index contributed by atoms with van der Waals surface area (Å²) in [6.07, 6.45) is 2.89. The zero-order valence-electron chi connectivity index (χ0n) is 13.2. The molecule has 0 bridgehead atoms. The van der Waals surface area contributed by atoms with E-state index in [-0.39, 0.29) is 18.1 Å². The fourth-order valence-corrected chi connectivity index (χ4v) is 3.31. The summed E-state index contributed by atoms with van der Waals surface area (Å²) in [5, 5.41) is 12.1. The molecule has 1 atom stereocenters. The molecule has 0 fully saturated rings. The minimum Gasteiger partial charge on any atom is -0.619 e. The minimum atomic E-state index is -0.186. The van der Waals surface area contributed by atoms with Gasteiger partial charge in [0.1, 0.15) is 0 Å². The smallest absolute Gasteiger partial charge is 0.191 e. The lowest BCUT2D eigenvalue weighted by molar-refractivity contribution is -0.605. The molecule has 2 aromatic carbocycles. The Morgan fingerprint density at radius 3 is 2.48 bits per heavy atom. The molecule has 0 aliphatic heterocycles. The van der Waals surface area contributed by atoms with Crippen LogP contribution < -0.4 is 4.73 Å². The van der Waals surface area contributed by atoms with Crippen LogP contribution in [-0.4, -0.2) is 5.78 Å². The molecule has 3 rings (SSSR count). The van der Waals surface area contributed by atoms with E-state index < -0.39 is 0 Å². The molecule has 1 aromatic heterocycles. The Morgan fingerprint density at radius 1 is 1.08 bits per heavy atom. The van der Waals surface area contributed by atoms with Gasteiger partial charge >= 0.3 is 0 Å². The molecule has 0 saturated heterocycles. The van der Waals surface area contributed by atoms with Crippen molar-refractivity contribution >= 4 is 33.3 Å². The lowest BCUT2D eigenvalue weighted by Crippen LogP contribution is -2.26. The van der Waals surface area contributed by atoms with Gasteiger partial charge in [-0.15, -0.1) is 0 Å². The van der Waals surface area contributed by atoms with E-state index in [1.807, 2.05) is 48.5 Å². The van der Waals surface area contributed by atoms with E-state index in [1.165, 1.54) is 12.4 Å². The summed E-state index contributed by atoms with van der Waals surface area (Å²) >= 11 is 9.81. The fourth-order valence-electron chi connectivity index (χ4n) is 2.78. The topological polar surface area (TPSA) is 44.0 Å². The predicted molar refractivity (Wildman–Crippen MR) is 102 cm³/mol. The molecule has 0 aliphatic rings. The normalized spacial score (nSPS) is 11.9. The molecule has 1 heterocycles. The molecule has 25 heavy (non-hydrogen) atoms. The summed E-state index contributed by atoms with van der Waals surface area (Å²) in [4.78, 5) is 12.7. The maximum atomic E-state index is 12.7. The van der Waals surface area contributed by atoms with E-state index in [2.05, 4.69) is 15.9 Å². The number of nitrogens with zero attached hydrogens (tertiary/aromatic N) is 1. The second kappa shape index (κ2) is 7.81. The molecule has 5 heteroatoms. The fraction of sp³-hybridized carbons (Fsp3) is 0.100. The van der Waals surface area contributed by atoms with Crippen LogP contribution in [0.15, 0.2) is 77.5 Å². The van der Waals surface area contributed by atoms with Crippen LogP contribution in [0.3, 0.4) is 0 Å². The standard InChI is InChI=1S/C20H15BrClNO2/c21-16-9-7-14(8-10-16)18(17-5-1-2-6-19(17)22)12-20(24)15-4-3-11-23(25)13-15/h1-11,13,18H,12H2. The van der Waals surface area contributed by atoms with Gasteiger partial charge in [-0.1, -0.05) is 57.9 Å². The van der Waals surface area contributed by atoms with Crippen LogP contribution in [0, 0.1) is 5.21 Å². The number of Topliss-reactive ketones (excluding diaryl/α,β-unsaturated/α-hetero) is 1. The second-order valence-electron chi connectivity index (χ2n) is 5.71. The van der Waals surface area contributed by atoms with E-state index in [4.69, 9.17) is 11.6 Å². The molecule has 0 saturated carbocycles. The van der Waals surface area contributed by atoms with Crippen LogP contribution in [0.2, 0.25) is 5.02 Å². The molecular weight excluding hydrogens is 402 g/mol. The van der Waals surface area contributed by atoms with Crippen LogP contribution >= 0.6 is 27.5 Å². The average molecular weight is 417 g/mol. The number of ketones is 1. The number of benzene rings is 2. The number of carbonyl (C=O) groups excluding carboxylic acids is 1. The van der Waals surface area contributed by atoms with Crippen LogP contribution in [0.5, 0.6) is 0 Å². The second-order valence-corrected chi connectivity index (χ2v) is 7.03. The highest BCUT2D eigenvalue weighted by atomic mass is 79.9. The first kappa shape index (κ1) is 17.6. The van der Waals surface area contributed by atoms with Gasteiger partial charge in [-0.2, -0.15) is 4.73 Å². The molecule has 0 aliphatic carbocycles. The SMILES string of the molecule is O=C(CC(c1ccc(Br)cc1)c1ccccc1Cl)c1ccc[n+]([O-])c1. The van der Waals surface area contributed by atoms with E-state index in [0.29, 0.717) is 15.3 Å². The Bertz CT molecular complexity index is 896. The molecule has 126 valence electrons. The van der Waals surface area contributed by atoms with Gasteiger partial charge in [0.25, 0.3) is 0 Å². The molecular formula is C20H15BrClNO2. The zero-order valence-corrected chi connectivity index (χ0v) is 15.6. The maximum absolute atomic E-state index is 12.7. The summed E-state index contributed by atoms with van der Waals surface area (Å²) in [7, 11) is 0. The number of hydrogen-bond donors (Lipinski definition) is 0. The van der Waals surface area contributed by atoms with E-state index in [9.17, 15) is 10.0 Å². The summed E-state index contributed by atoms with van der Waals surface area (Å²) in [5.74, 6) is -0.285. The number of pyridine rings is 1. The third-order valence-electron chi connectivity index (χ3n) is 4.04. The summed E-state index contributed by atoms with van der Waals surface area (Å²) in [6, 6.07) is 18.6. The first-order chi connectivity index (χ1) is 12.0. The number of rotatable bonds is 5. The van der Waals surface area contributed by atoms with Crippen molar-refractivity contribution in [2.24, 2.45) is 0 Å². The highest BCUT2D eigenvalue weighted by Gasteiger charge is 2.22. The van der Waals surface area contributed by atoms with Gasteiger partial charge in [0.05, 0.1) is 5.56 Å². The van der Waals surface area contributed by atoms with Crippen molar-refractivity contribution in [3.8, 4) is 0 Å². The van der Waals surface area contributed by atoms with Crippen molar-refractivity contribution in [3.05, 3.63) is 104 Å². The zero-order chi connectivity index (χ0) is 17.8. The third kappa shape index (κ3) is 4.27. The van der Waals surface area contributed by atoms with Gasteiger partial charge in [-0.25, -0.2) is 0 Å². The van der Waals surface area contributed by atoms with Gasteiger partial charge in [0.2, 0.25) is 0 Å². The van der Waals surface area contributed by atoms with Crippen molar-refractivity contribution in [2.75, 3.05) is 0 Å². The van der Waals surface area contributed by atoms with Crippen molar-refractivity contribution in [2.45, 2.75) is 12.3 Å². The lowest BCUT2D eigenvalue weighted by Gasteiger charge is -2.19. The predicted octanol–water partition coefficient (Wildman–Crippen LogP) is 5.14. The van der Waals surface area contributed by atoms with Gasteiger partial charge in [-0.3, -0.25) is 4.79 Å². The largest absolute Gasteiger partial charge is 0.619 e. The first-order valence-corrected chi connectivity index (χ1v) is 8.93. The quantitative estimate of drug-likeness (QED) is 0.328. The summed E-state index contributed by atoms with van der Waals surface area (Å²) < 4.78 is 1.60. The molecule has 1 unspecified atom stereocenters. The Morgan fingerprint density at radius 2 is 1.80 bits per heavy atom. The van der Waals surface area contributed by atoms with Crippen molar-refractivity contribution in [1.82, 2.24) is 0 Å². The highest BCUT2D eigenvalue weighted by molar-refractivity contribution is 9.10. The lowest BCUT2D eigenvalue weighted by atomic mass is 9.86. The average Bonchev–Trinajstić information content (AvgIpc) is 2.61. The van der Waals surface area contributed by atoms with Gasteiger partial charge in [0.15, 0.2) is 18.2 Å².